The van der Waals surface area contributed by atoms with Crippen molar-refractivity contribution in [3.63, 3.8) is 0 Å². The van der Waals surface area contributed by atoms with Gasteiger partial charge in [0.1, 0.15) is 11.6 Å². The molecular formula is C27H26FN3O4. The maximum atomic E-state index is 13.2. The van der Waals surface area contributed by atoms with Crippen molar-refractivity contribution in [2.75, 3.05) is 23.4 Å². The third-order valence-corrected chi connectivity index (χ3v) is 5.75. The Labute approximate surface area is 202 Å². The van der Waals surface area contributed by atoms with E-state index in [-0.39, 0.29) is 30.7 Å². The van der Waals surface area contributed by atoms with E-state index in [4.69, 9.17) is 4.74 Å². The predicted molar refractivity (Wildman–Crippen MR) is 131 cm³/mol. The molecular weight excluding hydrogens is 449 g/mol. The van der Waals surface area contributed by atoms with E-state index in [0.29, 0.717) is 30.1 Å². The van der Waals surface area contributed by atoms with Gasteiger partial charge in [0.2, 0.25) is 11.8 Å². The van der Waals surface area contributed by atoms with Crippen molar-refractivity contribution in [2.24, 2.45) is 5.92 Å². The Hall–Kier alpha value is -4.20. The van der Waals surface area contributed by atoms with Crippen molar-refractivity contribution in [1.82, 2.24) is 5.32 Å². The first-order valence-corrected chi connectivity index (χ1v) is 11.4. The molecule has 180 valence electrons. The fourth-order valence-corrected chi connectivity index (χ4v) is 3.93. The highest BCUT2D eigenvalue weighted by Crippen LogP contribution is 2.27. The number of benzene rings is 3. The largest absolute Gasteiger partial charge is 0.494 e. The Balaban J connectivity index is 1.38. The zero-order valence-corrected chi connectivity index (χ0v) is 19.3. The number of rotatable bonds is 8. The Kier molecular flexibility index (Phi) is 7.40. The van der Waals surface area contributed by atoms with E-state index in [1.807, 2.05) is 31.2 Å². The molecule has 3 aromatic carbocycles. The van der Waals surface area contributed by atoms with Gasteiger partial charge in [-0.05, 0) is 61.0 Å². The molecule has 3 aromatic rings. The van der Waals surface area contributed by atoms with Gasteiger partial charge in [-0.3, -0.25) is 14.4 Å². The second-order valence-corrected chi connectivity index (χ2v) is 8.18. The standard InChI is InChI=1S/C27H26FN3O4/c1-2-35-22-13-7-18(8-14-22)16-29-27(34)23-5-3-4-6-24(23)30-26(33)19-15-25(32)31(17-19)21-11-9-20(28)10-12-21/h3-14,19H,2,15-17H2,1H3,(H,29,34)(H,30,33)/t19-/m0/s1. The van der Waals surface area contributed by atoms with Crippen LogP contribution in [0.15, 0.2) is 72.8 Å². The van der Waals surface area contributed by atoms with Gasteiger partial charge < -0.3 is 20.3 Å². The summed E-state index contributed by atoms with van der Waals surface area (Å²) in [5.41, 5.74) is 2.15. The fourth-order valence-electron chi connectivity index (χ4n) is 3.93. The van der Waals surface area contributed by atoms with Crippen molar-refractivity contribution >= 4 is 29.1 Å². The summed E-state index contributed by atoms with van der Waals surface area (Å²) >= 11 is 0. The van der Waals surface area contributed by atoms with Gasteiger partial charge in [-0.15, -0.1) is 0 Å². The molecule has 0 saturated carbocycles. The van der Waals surface area contributed by atoms with Crippen LogP contribution in [0, 0.1) is 11.7 Å². The minimum absolute atomic E-state index is 0.0370. The van der Waals surface area contributed by atoms with Gasteiger partial charge >= 0.3 is 0 Å². The number of para-hydroxylation sites is 1. The van der Waals surface area contributed by atoms with Crippen molar-refractivity contribution < 1.29 is 23.5 Å². The summed E-state index contributed by atoms with van der Waals surface area (Å²) in [5, 5.41) is 5.67. The molecule has 1 fully saturated rings. The molecule has 0 aromatic heterocycles. The third-order valence-electron chi connectivity index (χ3n) is 5.75. The number of anilines is 2. The summed E-state index contributed by atoms with van der Waals surface area (Å²) in [5.74, 6) is -1.11. The molecule has 7 nitrogen and oxygen atoms in total. The van der Waals surface area contributed by atoms with Gasteiger partial charge in [0.25, 0.3) is 5.91 Å². The smallest absolute Gasteiger partial charge is 0.253 e. The number of ether oxygens (including phenoxy) is 1. The van der Waals surface area contributed by atoms with Crippen LogP contribution in [-0.4, -0.2) is 30.9 Å². The number of carbonyl (C=O) groups excluding carboxylic acids is 3. The monoisotopic (exact) mass is 475 g/mol. The molecule has 3 amide bonds. The van der Waals surface area contributed by atoms with Crippen molar-refractivity contribution in [3.8, 4) is 5.75 Å². The maximum Gasteiger partial charge on any atom is 0.253 e. The molecule has 0 bridgehead atoms. The van der Waals surface area contributed by atoms with E-state index in [1.54, 1.807) is 24.3 Å². The lowest BCUT2D eigenvalue weighted by atomic mass is 10.1. The molecule has 0 spiro atoms. The highest BCUT2D eigenvalue weighted by Gasteiger charge is 2.35. The number of carbonyl (C=O) groups is 3. The SMILES string of the molecule is CCOc1ccc(CNC(=O)c2ccccc2NC(=O)[C@H]2CC(=O)N(c3ccc(F)cc3)C2)cc1. The molecule has 1 heterocycles. The van der Waals surface area contributed by atoms with Crippen LogP contribution >= 0.6 is 0 Å². The maximum absolute atomic E-state index is 13.2. The second-order valence-electron chi connectivity index (χ2n) is 8.18. The van der Waals surface area contributed by atoms with E-state index in [1.165, 1.54) is 29.2 Å². The summed E-state index contributed by atoms with van der Waals surface area (Å²) < 4.78 is 18.6. The van der Waals surface area contributed by atoms with E-state index in [2.05, 4.69) is 10.6 Å². The average molecular weight is 476 g/mol. The zero-order valence-electron chi connectivity index (χ0n) is 19.3. The van der Waals surface area contributed by atoms with Crippen LogP contribution < -0.4 is 20.3 Å². The average Bonchev–Trinajstić information content (AvgIpc) is 3.26. The van der Waals surface area contributed by atoms with Gasteiger partial charge in [0, 0.05) is 25.2 Å². The first kappa shape index (κ1) is 23.9. The molecule has 0 unspecified atom stereocenters. The Morgan fingerprint density at radius 3 is 2.46 bits per heavy atom. The van der Waals surface area contributed by atoms with Gasteiger partial charge in [-0.25, -0.2) is 4.39 Å². The molecule has 1 aliphatic rings. The summed E-state index contributed by atoms with van der Waals surface area (Å²) in [7, 11) is 0. The van der Waals surface area contributed by atoms with Crippen molar-refractivity contribution in [2.45, 2.75) is 19.9 Å². The lowest BCUT2D eigenvalue weighted by Crippen LogP contribution is -2.29. The summed E-state index contributed by atoms with van der Waals surface area (Å²) in [6.45, 7) is 2.99. The van der Waals surface area contributed by atoms with Gasteiger partial charge in [0.05, 0.1) is 23.8 Å². The second kappa shape index (κ2) is 10.8. The van der Waals surface area contributed by atoms with Crippen molar-refractivity contribution in [1.29, 1.82) is 0 Å². The molecule has 8 heteroatoms. The number of nitrogens with zero attached hydrogens (tertiary/aromatic N) is 1. The molecule has 0 aliphatic carbocycles. The number of hydrogen-bond acceptors (Lipinski definition) is 4. The Morgan fingerprint density at radius 1 is 1.03 bits per heavy atom. The predicted octanol–water partition coefficient (Wildman–Crippen LogP) is 4.15. The molecule has 4 rings (SSSR count). The number of amides is 3. The molecule has 1 atom stereocenters. The normalized spacial score (nSPS) is 15.1. The Bertz CT molecular complexity index is 1210. The van der Waals surface area contributed by atoms with Crippen LogP contribution in [0.3, 0.4) is 0 Å². The summed E-state index contributed by atoms with van der Waals surface area (Å²) in [6, 6.07) is 19.7. The zero-order chi connectivity index (χ0) is 24.8. The van der Waals surface area contributed by atoms with Crippen LogP contribution in [0.5, 0.6) is 5.75 Å². The number of hydrogen-bond donors (Lipinski definition) is 2. The van der Waals surface area contributed by atoms with E-state index in [0.717, 1.165) is 11.3 Å². The molecule has 35 heavy (non-hydrogen) atoms. The van der Waals surface area contributed by atoms with Crippen LogP contribution in [0.4, 0.5) is 15.8 Å². The first-order valence-electron chi connectivity index (χ1n) is 11.4. The Morgan fingerprint density at radius 2 is 1.74 bits per heavy atom. The summed E-state index contributed by atoms with van der Waals surface area (Å²) in [4.78, 5) is 39.7. The molecule has 1 saturated heterocycles. The van der Waals surface area contributed by atoms with Crippen LogP contribution in [0.2, 0.25) is 0 Å². The van der Waals surface area contributed by atoms with E-state index in [9.17, 15) is 18.8 Å². The lowest BCUT2D eigenvalue weighted by Gasteiger charge is -2.17. The number of halogens is 1. The van der Waals surface area contributed by atoms with Crippen LogP contribution in [-0.2, 0) is 16.1 Å². The lowest BCUT2D eigenvalue weighted by molar-refractivity contribution is -0.122. The first-order chi connectivity index (χ1) is 16.9. The van der Waals surface area contributed by atoms with Crippen molar-refractivity contribution in [3.05, 3.63) is 89.7 Å². The highest BCUT2D eigenvalue weighted by molar-refractivity contribution is 6.07. The topological polar surface area (TPSA) is 87.7 Å². The molecule has 0 radical (unpaired) electrons. The number of nitrogens with one attached hydrogen (secondary N) is 2. The van der Waals surface area contributed by atoms with Gasteiger partial charge in [0.15, 0.2) is 0 Å². The molecule has 2 N–H and O–H groups in total. The van der Waals surface area contributed by atoms with Gasteiger partial charge in [-0.2, -0.15) is 0 Å². The van der Waals surface area contributed by atoms with E-state index >= 15 is 0 Å². The quantitative estimate of drug-likeness (QED) is 0.513. The minimum Gasteiger partial charge on any atom is -0.494 e. The third kappa shape index (κ3) is 5.84. The fraction of sp³-hybridized carbons (Fsp3) is 0.222. The van der Waals surface area contributed by atoms with E-state index < -0.39 is 11.7 Å². The highest BCUT2D eigenvalue weighted by atomic mass is 19.1. The van der Waals surface area contributed by atoms with Crippen LogP contribution in [0.1, 0.15) is 29.3 Å². The van der Waals surface area contributed by atoms with Gasteiger partial charge in [-0.1, -0.05) is 24.3 Å². The minimum atomic E-state index is -0.590. The van der Waals surface area contributed by atoms with Crippen LogP contribution in [0.25, 0.3) is 0 Å². The molecule has 1 aliphatic heterocycles. The summed E-state index contributed by atoms with van der Waals surface area (Å²) in [6.07, 6.45) is 0.0370.